The van der Waals surface area contributed by atoms with Crippen molar-refractivity contribution in [2.45, 2.75) is 24.4 Å². The summed E-state index contributed by atoms with van der Waals surface area (Å²) in [6.07, 6.45) is 1.09. The van der Waals surface area contributed by atoms with Gasteiger partial charge in [0.25, 0.3) is 0 Å². The molecule has 1 unspecified atom stereocenters. The SMILES string of the molecule is NC(CCc1ccccc1)C(=O)NC(CO)(CO)CO. The van der Waals surface area contributed by atoms with Crippen LogP contribution in [0.3, 0.4) is 0 Å². The third kappa shape index (κ3) is 4.57. The lowest BCUT2D eigenvalue weighted by molar-refractivity contribution is -0.126. The third-order valence-electron chi connectivity index (χ3n) is 3.22. The second-order valence-corrected chi connectivity index (χ2v) is 4.87. The number of hydrogen-bond donors (Lipinski definition) is 5. The minimum atomic E-state index is -1.43. The number of nitrogens with two attached hydrogens (primary N) is 1. The van der Waals surface area contributed by atoms with E-state index in [1.54, 1.807) is 0 Å². The van der Waals surface area contributed by atoms with Crippen LogP contribution in [0.4, 0.5) is 0 Å². The topological polar surface area (TPSA) is 116 Å². The van der Waals surface area contributed by atoms with Gasteiger partial charge in [0.15, 0.2) is 0 Å². The maximum absolute atomic E-state index is 11.9. The highest BCUT2D eigenvalue weighted by Crippen LogP contribution is 2.06. The maximum Gasteiger partial charge on any atom is 0.237 e. The van der Waals surface area contributed by atoms with E-state index in [9.17, 15) is 4.79 Å². The Labute approximate surface area is 118 Å². The number of amides is 1. The second-order valence-electron chi connectivity index (χ2n) is 4.87. The Morgan fingerprint density at radius 3 is 2.20 bits per heavy atom. The van der Waals surface area contributed by atoms with Crippen LogP contribution >= 0.6 is 0 Å². The van der Waals surface area contributed by atoms with Crippen molar-refractivity contribution in [3.63, 3.8) is 0 Å². The summed E-state index contributed by atoms with van der Waals surface area (Å²) in [5.41, 5.74) is 5.43. The lowest BCUT2D eigenvalue weighted by atomic mass is 10.0. The number of aliphatic hydroxyl groups excluding tert-OH is 3. The largest absolute Gasteiger partial charge is 0.394 e. The van der Waals surface area contributed by atoms with Crippen molar-refractivity contribution >= 4 is 5.91 Å². The molecule has 20 heavy (non-hydrogen) atoms. The molecule has 0 saturated carbocycles. The van der Waals surface area contributed by atoms with Gasteiger partial charge in [0.1, 0.15) is 5.54 Å². The molecule has 0 fully saturated rings. The molecule has 0 radical (unpaired) electrons. The lowest BCUT2D eigenvalue weighted by Gasteiger charge is -2.30. The first-order valence-corrected chi connectivity index (χ1v) is 6.51. The number of aryl methyl sites for hydroxylation is 1. The molecule has 112 valence electrons. The van der Waals surface area contributed by atoms with E-state index in [4.69, 9.17) is 21.1 Å². The zero-order valence-corrected chi connectivity index (χ0v) is 11.3. The van der Waals surface area contributed by atoms with Crippen LogP contribution in [0.15, 0.2) is 30.3 Å². The van der Waals surface area contributed by atoms with E-state index in [0.717, 1.165) is 5.56 Å². The summed E-state index contributed by atoms with van der Waals surface area (Å²) in [4.78, 5) is 11.9. The van der Waals surface area contributed by atoms with Gasteiger partial charge in [-0.1, -0.05) is 30.3 Å². The van der Waals surface area contributed by atoms with Gasteiger partial charge < -0.3 is 26.4 Å². The highest BCUT2D eigenvalue weighted by Gasteiger charge is 2.31. The molecular weight excluding hydrogens is 260 g/mol. The van der Waals surface area contributed by atoms with Crippen LogP contribution in [-0.2, 0) is 11.2 Å². The first-order chi connectivity index (χ1) is 9.56. The number of benzene rings is 1. The predicted molar refractivity (Wildman–Crippen MR) is 74.9 cm³/mol. The molecule has 6 nitrogen and oxygen atoms in total. The molecule has 6 heteroatoms. The number of nitrogens with one attached hydrogen (secondary N) is 1. The van der Waals surface area contributed by atoms with Gasteiger partial charge in [0.05, 0.1) is 25.9 Å². The van der Waals surface area contributed by atoms with Crippen LogP contribution in [0.25, 0.3) is 0 Å². The van der Waals surface area contributed by atoms with E-state index >= 15 is 0 Å². The Bertz CT molecular complexity index is 399. The van der Waals surface area contributed by atoms with E-state index in [1.807, 2.05) is 30.3 Å². The van der Waals surface area contributed by atoms with E-state index in [1.165, 1.54) is 0 Å². The first kappa shape index (κ1) is 16.6. The Hall–Kier alpha value is -1.47. The van der Waals surface area contributed by atoms with Crippen LogP contribution in [0, 0.1) is 0 Å². The van der Waals surface area contributed by atoms with Crippen LogP contribution in [0.1, 0.15) is 12.0 Å². The minimum absolute atomic E-state index is 0.439. The summed E-state index contributed by atoms with van der Waals surface area (Å²) < 4.78 is 0. The van der Waals surface area contributed by atoms with E-state index in [2.05, 4.69) is 5.32 Å². The third-order valence-corrected chi connectivity index (χ3v) is 3.22. The zero-order chi connectivity index (χ0) is 15.0. The summed E-state index contributed by atoms with van der Waals surface area (Å²) >= 11 is 0. The fourth-order valence-electron chi connectivity index (χ4n) is 1.72. The maximum atomic E-state index is 11.9. The summed E-state index contributed by atoms with van der Waals surface area (Å²) in [5.74, 6) is -0.502. The van der Waals surface area contributed by atoms with Crippen molar-refractivity contribution in [3.8, 4) is 0 Å². The van der Waals surface area contributed by atoms with E-state index < -0.39 is 37.3 Å². The molecule has 6 N–H and O–H groups in total. The molecule has 1 aromatic carbocycles. The van der Waals surface area contributed by atoms with Crippen molar-refractivity contribution < 1.29 is 20.1 Å². The number of hydrogen-bond acceptors (Lipinski definition) is 5. The number of rotatable bonds is 8. The summed E-state index contributed by atoms with van der Waals surface area (Å²) in [6, 6.07) is 8.87. The average molecular weight is 282 g/mol. The Kier molecular flexibility index (Phi) is 6.60. The zero-order valence-electron chi connectivity index (χ0n) is 11.3. The highest BCUT2D eigenvalue weighted by atomic mass is 16.3. The van der Waals surface area contributed by atoms with Crippen LogP contribution < -0.4 is 11.1 Å². The van der Waals surface area contributed by atoms with Gasteiger partial charge in [-0.2, -0.15) is 0 Å². The van der Waals surface area contributed by atoms with Crippen molar-refractivity contribution in [1.82, 2.24) is 5.32 Å². The summed E-state index contributed by atoms with van der Waals surface area (Å²) in [6.45, 7) is -1.68. The molecule has 1 atom stereocenters. The van der Waals surface area contributed by atoms with Gasteiger partial charge in [-0.25, -0.2) is 0 Å². The van der Waals surface area contributed by atoms with Gasteiger partial charge in [0.2, 0.25) is 5.91 Å². The van der Waals surface area contributed by atoms with Crippen molar-refractivity contribution in [3.05, 3.63) is 35.9 Å². The molecule has 0 aliphatic carbocycles. The molecule has 0 aliphatic rings. The van der Waals surface area contributed by atoms with Gasteiger partial charge >= 0.3 is 0 Å². The van der Waals surface area contributed by atoms with Gasteiger partial charge in [-0.15, -0.1) is 0 Å². The molecule has 1 rings (SSSR count). The van der Waals surface area contributed by atoms with Crippen molar-refractivity contribution in [2.24, 2.45) is 5.73 Å². The van der Waals surface area contributed by atoms with Crippen LogP contribution in [-0.4, -0.2) is 52.6 Å². The van der Waals surface area contributed by atoms with E-state index in [-0.39, 0.29) is 0 Å². The molecule has 0 heterocycles. The molecular formula is C14H22N2O4. The number of carbonyl (C=O) groups excluding carboxylic acids is 1. The van der Waals surface area contributed by atoms with Gasteiger partial charge in [-0.3, -0.25) is 4.79 Å². The number of carbonyl (C=O) groups is 1. The van der Waals surface area contributed by atoms with Gasteiger partial charge in [-0.05, 0) is 18.4 Å². The molecule has 0 aromatic heterocycles. The normalized spacial score (nSPS) is 13.0. The quantitative estimate of drug-likeness (QED) is 0.410. The average Bonchev–Trinajstić information content (AvgIpc) is 2.51. The molecule has 0 saturated heterocycles. The standard InChI is InChI=1S/C14H22N2O4/c15-12(7-6-11-4-2-1-3-5-11)13(20)16-14(8-17,9-18)10-19/h1-5,12,17-19H,6-10,15H2,(H,16,20). The van der Waals surface area contributed by atoms with Crippen molar-refractivity contribution in [1.29, 1.82) is 0 Å². The molecule has 1 aromatic rings. The molecule has 0 bridgehead atoms. The Morgan fingerprint density at radius 1 is 1.15 bits per heavy atom. The van der Waals surface area contributed by atoms with Crippen LogP contribution in [0.2, 0.25) is 0 Å². The molecule has 0 spiro atoms. The fourth-order valence-corrected chi connectivity index (χ4v) is 1.72. The molecule has 1 amide bonds. The van der Waals surface area contributed by atoms with Crippen LogP contribution in [0.5, 0.6) is 0 Å². The fraction of sp³-hybridized carbons (Fsp3) is 0.500. The van der Waals surface area contributed by atoms with Crippen molar-refractivity contribution in [2.75, 3.05) is 19.8 Å². The summed E-state index contributed by atoms with van der Waals surface area (Å²) in [7, 11) is 0. The van der Waals surface area contributed by atoms with E-state index in [0.29, 0.717) is 12.8 Å². The van der Waals surface area contributed by atoms with Gasteiger partial charge in [0, 0.05) is 0 Å². The Balaban J connectivity index is 2.50. The second kappa shape index (κ2) is 7.96. The monoisotopic (exact) mass is 282 g/mol. The molecule has 0 aliphatic heterocycles. The minimum Gasteiger partial charge on any atom is -0.394 e. The Morgan fingerprint density at radius 2 is 1.70 bits per heavy atom. The summed E-state index contributed by atoms with van der Waals surface area (Å²) in [5, 5.41) is 29.8. The highest BCUT2D eigenvalue weighted by molar-refractivity contribution is 5.82. The lowest BCUT2D eigenvalue weighted by Crippen LogP contribution is -2.60. The predicted octanol–water partition coefficient (Wildman–Crippen LogP) is -1.22. The number of aliphatic hydroxyl groups is 3. The smallest absolute Gasteiger partial charge is 0.237 e. The first-order valence-electron chi connectivity index (χ1n) is 6.51.